The quantitative estimate of drug-likeness (QED) is 0.480. The van der Waals surface area contributed by atoms with Crippen molar-refractivity contribution in [1.29, 1.82) is 0 Å². The molecule has 168 valence electrons. The summed E-state index contributed by atoms with van der Waals surface area (Å²) < 4.78 is 5.30. The van der Waals surface area contributed by atoms with E-state index in [1.165, 1.54) is 24.2 Å². The van der Waals surface area contributed by atoms with Gasteiger partial charge in [0.1, 0.15) is 5.75 Å². The van der Waals surface area contributed by atoms with Gasteiger partial charge in [0.2, 0.25) is 0 Å². The molecule has 0 bridgehead atoms. The summed E-state index contributed by atoms with van der Waals surface area (Å²) in [5.41, 5.74) is 3.76. The van der Waals surface area contributed by atoms with E-state index < -0.39 is 0 Å². The fourth-order valence-electron chi connectivity index (χ4n) is 3.75. The van der Waals surface area contributed by atoms with E-state index in [0.29, 0.717) is 6.54 Å². The minimum atomic E-state index is 0.608. The van der Waals surface area contributed by atoms with Crippen LogP contribution in [0.15, 0.2) is 53.5 Å². The smallest absolute Gasteiger partial charge is 0.191 e. The fraction of sp³-hybridized carbons (Fsp3) is 0.480. The monoisotopic (exact) mass is 423 g/mol. The van der Waals surface area contributed by atoms with Crippen molar-refractivity contribution in [2.45, 2.75) is 33.5 Å². The standard InChI is InChI=1S/C25H37N5O/c1-4-26-25(28-19-23-7-6-8-24(17-23)31-3)27-18-21-9-11-22(12-10-21)20-30-15-13-29(5-2)14-16-30/h6-12,17H,4-5,13-16,18-20H2,1-3H3,(H2,26,27,28). The maximum absolute atomic E-state index is 5.30. The molecule has 2 aromatic carbocycles. The minimum absolute atomic E-state index is 0.608. The van der Waals surface area contributed by atoms with Crippen LogP contribution in [0.5, 0.6) is 5.75 Å². The first-order valence-corrected chi connectivity index (χ1v) is 11.4. The Kier molecular flexibility index (Phi) is 9.18. The van der Waals surface area contributed by atoms with Gasteiger partial charge in [-0.2, -0.15) is 0 Å². The SMILES string of the molecule is CCNC(=NCc1cccc(OC)c1)NCc1ccc(CN2CCN(CC)CC2)cc1. The molecule has 1 aliphatic heterocycles. The van der Waals surface area contributed by atoms with E-state index in [9.17, 15) is 0 Å². The van der Waals surface area contributed by atoms with Gasteiger partial charge in [0.15, 0.2) is 5.96 Å². The lowest BCUT2D eigenvalue weighted by molar-refractivity contribution is 0.132. The van der Waals surface area contributed by atoms with Crippen LogP contribution in [0.25, 0.3) is 0 Å². The van der Waals surface area contributed by atoms with Crippen LogP contribution in [-0.2, 0) is 19.6 Å². The van der Waals surface area contributed by atoms with Crippen LogP contribution < -0.4 is 15.4 Å². The Morgan fingerprint density at radius 2 is 1.61 bits per heavy atom. The Morgan fingerprint density at radius 3 is 2.29 bits per heavy atom. The predicted molar refractivity (Wildman–Crippen MR) is 128 cm³/mol. The van der Waals surface area contributed by atoms with Crippen molar-refractivity contribution in [1.82, 2.24) is 20.4 Å². The molecule has 3 rings (SSSR count). The molecule has 0 aromatic heterocycles. The third-order valence-electron chi connectivity index (χ3n) is 5.70. The average Bonchev–Trinajstić information content (AvgIpc) is 2.82. The summed E-state index contributed by atoms with van der Waals surface area (Å²) in [6.45, 7) is 13.4. The van der Waals surface area contributed by atoms with E-state index in [1.54, 1.807) is 7.11 Å². The van der Waals surface area contributed by atoms with Gasteiger partial charge in [-0.25, -0.2) is 4.99 Å². The molecule has 0 amide bonds. The zero-order valence-corrected chi connectivity index (χ0v) is 19.2. The summed E-state index contributed by atoms with van der Waals surface area (Å²) >= 11 is 0. The highest BCUT2D eigenvalue weighted by Gasteiger charge is 2.15. The highest BCUT2D eigenvalue weighted by molar-refractivity contribution is 5.79. The molecule has 0 atom stereocenters. The van der Waals surface area contributed by atoms with Crippen molar-refractivity contribution in [3.05, 3.63) is 65.2 Å². The third-order valence-corrected chi connectivity index (χ3v) is 5.70. The molecule has 0 saturated carbocycles. The van der Waals surface area contributed by atoms with Crippen molar-refractivity contribution >= 4 is 5.96 Å². The lowest BCUT2D eigenvalue weighted by Crippen LogP contribution is -2.45. The summed E-state index contributed by atoms with van der Waals surface area (Å²) in [4.78, 5) is 9.78. The van der Waals surface area contributed by atoms with Gasteiger partial charge in [-0.15, -0.1) is 0 Å². The van der Waals surface area contributed by atoms with Gasteiger partial charge in [-0.3, -0.25) is 4.90 Å². The molecular formula is C25H37N5O. The Hall–Kier alpha value is -2.57. The summed E-state index contributed by atoms with van der Waals surface area (Å²) in [5.74, 6) is 1.68. The molecule has 1 aliphatic rings. The topological polar surface area (TPSA) is 52.1 Å². The van der Waals surface area contributed by atoms with E-state index in [2.05, 4.69) is 64.6 Å². The summed E-state index contributed by atoms with van der Waals surface area (Å²) in [5, 5.41) is 6.76. The molecule has 0 spiro atoms. The van der Waals surface area contributed by atoms with Crippen LogP contribution in [-0.4, -0.2) is 62.1 Å². The predicted octanol–water partition coefficient (Wildman–Crippen LogP) is 3.09. The molecule has 2 N–H and O–H groups in total. The number of nitrogens with zero attached hydrogens (tertiary/aromatic N) is 3. The number of hydrogen-bond acceptors (Lipinski definition) is 4. The van der Waals surface area contributed by atoms with Gasteiger partial charge < -0.3 is 20.3 Å². The Morgan fingerprint density at radius 1 is 0.903 bits per heavy atom. The first-order chi connectivity index (χ1) is 15.2. The third kappa shape index (κ3) is 7.56. The number of likely N-dealkylation sites (N-methyl/N-ethyl adjacent to an activating group) is 1. The fourth-order valence-corrected chi connectivity index (χ4v) is 3.75. The summed E-state index contributed by atoms with van der Waals surface area (Å²) in [6.07, 6.45) is 0. The number of piperazine rings is 1. The number of aliphatic imine (C=N–C) groups is 1. The normalized spacial score (nSPS) is 15.6. The molecule has 1 saturated heterocycles. The number of nitrogens with one attached hydrogen (secondary N) is 2. The zero-order valence-electron chi connectivity index (χ0n) is 19.2. The number of benzene rings is 2. The number of rotatable bonds is 9. The maximum Gasteiger partial charge on any atom is 0.191 e. The van der Waals surface area contributed by atoms with Gasteiger partial charge in [-0.05, 0) is 42.3 Å². The Balaban J connectivity index is 1.49. The van der Waals surface area contributed by atoms with E-state index in [4.69, 9.17) is 9.73 Å². The summed E-state index contributed by atoms with van der Waals surface area (Å²) in [6, 6.07) is 17.0. The highest BCUT2D eigenvalue weighted by Crippen LogP contribution is 2.13. The molecule has 1 fully saturated rings. The molecule has 6 heteroatoms. The maximum atomic E-state index is 5.30. The van der Waals surface area contributed by atoms with Gasteiger partial charge in [0.05, 0.1) is 13.7 Å². The van der Waals surface area contributed by atoms with Gasteiger partial charge in [0, 0.05) is 45.8 Å². The Bertz CT molecular complexity index is 813. The van der Waals surface area contributed by atoms with Crippen LogP contribution in [0.1, 0.15) is 30.5 Å². The van der Waals surface area contributed by atoms with Gasteiger partial charge in [0.25, 0.3) is 0 Å². The molecule has 31 heavy (non-hydrogen) atoms. The molecule has 6 nitrogen and oxygen atoms in total. The number of ether oxygens (including phenoxy) is 1. The van der Waals surface area contributed by atoms with Crippen LogP contribution >= 0.6 is 0 Å². The molecule has 1 heterocycles. The minimum Gasteiger partial charge on any atom is -0.497 e. The number of hydrogen-bond donors (Lipinski definition) is 2. The molecule has 0 unspecified atom stereocenters. The first-order valence-electron chi connectivity index (χ1n) is 11.4. The molecule has 2 aromatic rings. The van der Waals surface area contributed by atoms with Crippen LogP contribution in [0.4, 0.5) is 0 Å². The second kappa shape index (κ2) is 12.3. The average molecular weight is 424 g/mol. The number of methoxy groups -OCH3 is 1. The largest absolute Gasteiger partial charge is 0.497 e. The molecule has 0 aliphatic carbocycles. The van der Waals surface area contributed by atoms with Crippen molar-refractivity contribution in [3.8, 4) is 5.75 Å². The van der Waals surface area contributed by atoms with Crippen molar-refractivity contribution < 1.29 is 4.74 Å². The molecular weight excluding hydrogens is 386 g/mol. The van der Waals surface area contributed by atoms with E-state index in [1.807, 2.05) is 18.2 Å². The van der Waals surface area contributed by atoms with Gasteiger partial charge >= 0.3 is 0 Å². The first kappa shape index (κ1) is 23.1. The Labute approximate surface area is 187 Å². The molecule has 0 radical (unpaired) electrons. The van der Waals surface area contributed by atoms with Crippen molar-refractivity contribution in [2.24, 2.45) is 4.99 Å². The van der Waals surface area contributed by atoms with E-state index in [0.717, 1.165) is 56.5 Å². The van der Waals surface area contributed by atoms with Crippen LogP contribution in [0.2, 0.25) is 0 Å². The second-order valence-electron chi connectivity index (χ2n) is 7.93. The van der Waals surface area contributed by atoms with Crippen molar-refractivity contribution in [2.75, 3.05) is 46.4 Å². The van der Waals surface area contributed by atoms with E-state index >= 15 is 0 Å². The van der Waals surface area contributed by atoms with E-state index in [-0.39, 0.29) is 0 Å². The zero-order chi connectivity index (χ0) is 21.9. The van der Waals surface area contributed by atoms with Gasteiger partial charge in [-0.1, -0.05) is 43.3 Å². The van der Waals surface area contributed by atoms with Crippen LogP contribution in [0, 0.1) is 0 Å². The lowest BCUT2D eigenvalue weighted by atomic mass is 10.1. The number of guanidine groups is 1. The summed E-state index contributed by atoms with van der Waals surface area (Å²) in [7, 11) is 1.69. The second-order valence-corrected chi connectivity index (χ2v) is 7.93. The highest BCUT2D eigenvalue weighted by atomic mass is 16.5. The van der Waals surface area contributed by atoms with Crippen LogP contribution in [0.3, 0.4) is 0 Å². The lowest BCUT2D eigenvalue weighted by Gasteiger charge is -2.34. The van der Waals surface area contributed by atoms with Crippen molar-refractivity contribution in [3.63, 3.8) is 0 Å².